The van der Waals surface area contributed by atoms with Gasteiger partial charge < -0.3 is 9.64 Å². The number of likely N-dealkylation sites (N-methyl/N-ethyl adjacent to an activating group) is 1. The zero-order valence-electron chi connectivity index (χ0n) is 20.4. The highest BCUT2D eigenvalue weighted by molar-refractivity contribution is 7.93. The Bertz CT molecular complexity index is 1420. The van der Waals surface area contributed by atoms with Gasteiger partial charge in [0, 0.05) is 24.5 Å². The number of benzene rings is 3. The molecule has 0 spiro atoms. The number of pyridine rings is 1. The van der Waals surface area contributed by atoms with Crippen molar-refractivity contribution in [1.82, 2.24) is 9.88 Å². The smallest absolute Gasteiger partial charge is 0.265 e. The summed E-state index contributed by atoms with van der Waals surface area (Å²) in [6.07, 6.45) is 1.73. The number of amides is 1. The number of rotatable bonds is 10. The van der Waals surface area contributed by atoms with Crippen LogP contribution in [0.1, 0.15) is 12.5 Å². The van der Waals surface area contributed by atoms with Gasteiger partial charge in [-0.2, -0.15) is 0 Å². The predicted molar refractivity (Wildman–Crippen MR) is 142 cm³/mol. The highest BCUT2D eigenvalue weighted by Gasteiger charge is 2.28. The van der Waals surface area contributed by atoms with Crippen LogP contribution in [0.25, 0.3) is 10.8 Å². The van der Waals surface area contributed by atoms with Crippen molar-refractivity contribution < 1.29 is 17.9 Å². The molecule has 1 amide bonds. The molecule has 0 bridgehead atoms. The zero-order valence-corrected chi connectivity index (χ0v) is 21.2. The van der Waals surface area contributed by atoms with Gasteiger partial charge in [-0.25, -0.2) is 13.4 Å². The molecule has 0 N–H and O–H groups in total. The summed E-state index contributed by atoms with van der Waals surface area (Å²) in [5.41, 5.74) is 1.32. The first kappa shape index (κ1) is 25.2. The molecule has 186 valence electrons. The monoisotopic (exact) mass is 503 g/mol. The number of anilines is 1. The molecule has 0 radical (unpaired) electrons. The lowest BCUT2D eigenvalue weighted by molar-refractivity contribution is -0.130. The summed E-state index contributed by atoms with van der Waals surface area (Å²) in [4.78, 5) is 19.1. The third-order valence-corrected chi connectivity index (χ3v) is 7.93. The van der Waals surface area contributed by atoms with Gasteiger partial charge in [-0.15, -0.1) is 0 Å². The number of hydrogen-bond donors (Lipinski definition) is 0. The van der Waals surface area contributed by atoms with Crippen LogP contribution < -0.4 is 9.04 Å². The maximum absolute atomic E-state index is 14.0. The number of nitrogens with zero attached hydrogens (tertiary/aromatic N) is 3. The van der Waals surface area contributed by atoms with Gasteiger partial charge in [0.25, 0.3) is 10.0 Å². The van der Waals surface area contributed by atoms with Crippen molar-refractivity contribution in [3.63, 3.8) is 0 Å². The molecule has 4 aromatic rings. The Morgan fingerprint density at radius 1 is 0.889 bits per heavy atom. The molecular formula is C28H29N3O4S. The molecule has 8 heteroatoms. The average Bonchev–Trinajstić information content (AvgIpc) is 2.91. The van der Waals surface area contributed by atoms with Gasteiger partial charge in [0.2, 0.25) is 11.8 Å². The van der Waals surface area contributed by atoms with Crippen LogP contribution in [0, 0.1) is 0 Å². The van der Waals surface area contributed by atoms with Gasteiger partial charge in [-0.3, -0.25) is 9.10 Å². The highest BCUT2D eigenvalue weighted by atomic mass is 32.2. The molecule has 4 rings (SSSR count). The summed E-state index contributed by atoms with van der Waals surface area (Å²) in [5, 5.41) is 1.47. The Morgan fingerprint density at radius 3 is 2.31 bits per heavy atom. The van der Waals surface area contributed by atoms with E-state index in [1.165, 1.54) is 17.6 Å². The number of hydrogen-bond acceptors (Lipinski definition) is 5. The van der Waals surface area contributed by atoms with Crippen molar-refractivity contribution in [2.45, 2.75) is 18.2 Å². The molecule has 0 fully saturated rings. The number of ether oxygens (including phenoxy) is 1. The summed E-state index contributed by atoms with van der Waals surface area (Å²) in [6, 6.07) is 25.4. The largest absolute Gasteiger partial charge is 0.481 e. The normalized spacial score (nSPS) is 11.3. The van der Waals surface area contributed by atoms with Crippen molar-refractivity contribution in [2.24, 2.45) is 0 Å². The van der Waals surface area contributed by atoms with Crippen molar-refractivity contribution in [2.75, 3.05) is 31.0 Å². The number of carbonyl (C=O) groups is 1. The van der Waals surface area contributed by atoms with Gasteiger partial charge in [0.1, 0.15) is 0 Å². The fraction of sp³-hybridized carbons (Fsp3) is 0.214. The fourth-order valence-corrected chi connectivity index (χ4v) is 5.78. The van der Waals surface area contributed by atoms with Crippen LogP contribution in [0.5, 0.6) is 5.88 Å². The lowest BCUT2D eigenvalue weighted by atomic mass is 10.1. The van der Waals surface area contributed by atoms with E-state index < -0.39 is 10.0 Å². The summed E-state index contributed by atoms with van der Waals surface area (Å²) in [6.45, 7) is 2.67. The van der Waals surface area contributed by atoms with E-state index in [0.717, 1.165) is 10.9 Å². The standard InChI is InChI=1S/C28H29N3O4S/c1-3-30(28(32)20-22-10-5-4-6-11-22)18-19-31(24-16-17-27(35-2)29-21-24)36(33,34)26-15-9-13-23-12-7-8-14-25(23)26/h4-17,21H,3,18-20H2,1-2H3. The van der Waals surface area contributed by atoms with Gasteiger partial charge >= 0.3 is 0 Å². The van der Waals surface area contributed by atoms with Crippen molar-refractivity contribution in [1.29, 1.82) is 0 Å². The molecule has 0 aliphatic carbocycles. The van der Waals surface area contributed by atoms with E-state index >= 15 is 0 Å². The van der Waals surface area contributed by atoms with E-state index in [4.69, 9.17) is 4.74 Å². The van der Waals surface area contributed by atoms with Crippen molar-refractivity contribution >= 4 is 32.4 Å². The van der Waals surface area contributed by atoms with Gasteiger partial charge in [0.05, 0.1) is 36.9 Å². The first-order chi connectivity index (χ1) is 17.4. The SMILES string of the molecule is CCN(CCN(c1ccc(OC)nc1)S(=O)(=O)c1cccc2ccccc12)C(=O)Cc1ccccc1. The number of methoxy groups -OCH3 is 1. The topological polar surface area (TPSA) is 79.8 Å². The van der Waals surface area contributed by atoms with E-state index in [1.54, 1.807) is 35.2 Å². The molecule has 0 aliphatic rings. The number of carbonyl (C=O) groups excluding carboxylic acids is 1. The second-order valence-electron chi connectivity index (χ2n) is 8.25. The highest BCUT2D eigenvalue weighted by Crippen LogP contribution is 2.29. The fourth-order valence-electron chi connectivity index (χ4n) is 4.12. The second kappa shape index (κ2) is 11.2. The maximum atomic E-state index is 14.0. The van der Waals surface area contributed by atoms with Crippen molar-refractivity contribution in [3.05, 3.63) is 96.7 Å². The van der Waals surface area contributed by atoms with Crippen LogP contribution in [0.2, 0.25) is 0 Å². The minimum absolute atomic E-state index is 0.0564. The van der Waals surface area contributed by atoms with Crippen LogP contribution >= 0.6 is 0 Å². The van der Waals surface area contributed by atoms with Gasteiger partial charge in [-0.1, -0.05) is 66.7 Å². The molecule has 1 aromatic heterocycles. The molecule has 3 aromatic carbocycles. The van der Waals surface area contributed by atoms with Gasteiger partial charge in [0.15, 0.2) is 0 Å². The van der Waals surface area contributed by atoms with Crippen LogP contribution in [0.4, 0.5) is 5.69 Å². The van der Waals surface area contributed by atoms with E-state index in [9.17, 15) is 13.2 Å². The first-order valence-corrected chi connectivity index (χ1v) is 13.2. The third kappa shape index (κ3) is 5.49. The minimum atomic E-state index is -3.97. The molecule has 0 aliphatic heterocycles. The molecular weight excluding hydrogens is 474 g/mol. The molecule has 0 atom stereocenters. The Balaban J connectivity index is 1.66. The molecule has 0 saturated carbocycles. The van der Waals surface area contributed by atoms with Crippen LogP contribution in [-0.4, -0.2) is 51.0 Å². The lowest BCUT2D eigenvalue weighted by Crippen LogP contribution is -2.41. The molecule has 7 nitrogen and oxygen atoms in total. The third-order valence-electron chi connectivity index (χ3n) is 6.04. The summed E-state index contributed by atoms with van der Waals surface area (Å²) in [7, 11) is -2.47. The minimum Gasteiger partial charge on any atom is -0.481 e. The van der Waals surface area contributed by atoms with E-state index in [1.807, 2.05) is 61.5 Å². The van der Waals surface area contributed by atoms with Crippen LogP contribution in [-0.2, 0) is 21.2 Å². The number of fused-ring (bicyclic) bond motifs is 1. The van der Waals surface area contributed by atoms with Crippen LogP contribution in [0.3, 0.4) is 0 Å². The van der Waals surface area contributed by atoms with Crippen LogP contribution in [0.15, 0.2) is 96.0 Å². The Kier molecular flexibility index (Phi) is 7.85. The lowest BCUT2D eigenvalue weighted by Gasteiger charge is -2.28. The van der Waals surface area contributed by atoms with E-state index in [2.05, 4.69) is 4.98 Å². The summed E-state index contributed by atoms with van der Waals surface area (Å²) < 4.78 is 34.5. The Morgan fingerprint density at radius 2 is 1.61 bits per heavy atom. The number of aromatic nitrogens is 1. The van der Waals surface area contributed by atoms with Crippen molar-refractivity contribution in [3.8, 4) is 5.88 Å². The Hall–Kier alpha value is -3.91. The number of sulfonamides is 1. The molecule has 1 heterocycles. The molecule has 36 heavy (non-hydrogen) atoms. The Labute approximate surface area is 212 Å². The average molecular weight is 504 g/mol. The molecule has 0 unspecified atom stereocenters. The van der Waals surface area contributed by atoms with E-state index in [-0.39, 0.29) is 30.3 Å². The van der Waals surface area contributed by atoms with E-state index in [0.29, 0.717) is 23.5 Å². The molecule has 0 saturated heterocycles. The predicted octanol–water partition coefficient (Wildman–Crippen LogP) is 4.53. The van der Waals surface area contributed by atoms with Gasteiger partial charge in [-0.05, 0) is 30.0 Å². The zero-order chi connectivity index (χ0) is 25.5. The second-order valence-corrected chi connectivity index (χ2v) is 10.1. The summed E-state index contributed by atoms with van der Waals surface area (Å²) >= 11 is 0. The quantitative estimate of drug-likeness (QED) is 0.318. The first-order valence-electron chi connectivity index (χ1n) is 11.8. The maximum Gasteiger partial charge on any atom is 0.265 e. The summed E-state index contributed by atoms with van der Waals surface area (Å²) in [5.74, 6) is 0.327.